The van der Waals surface area contributed by atoms with Crippen LogP contribution in [0.15, 0.2) is 66.9 Å². The van der Waals surface area contributed by atoms with E-state index < -0.39 is 35.6 Å². The summed E-state index contributed by atoms with van der Waals surface area (Å²) in [5.41, 5.74) is 1.71. The van der Waals surface area contributed by atoms with Gasteiger partial charge in [0.1, 0.15) is 23.8 Å². The standard InChI is InChI=1S/C54H77N9O6S4/c1-9-34(2)49(70)57-40-21-25-72-44-28-53(4,5)46(62(44)51(40)66)43(64)27-38(36-17-12-10-13-18-36)31-68-24-16-23-61-30-39(59-60-61)32-69-33-42(37-19-14-11-15-20-37)56-48(65)47-54(6,7)29-45-63(47)52(67)41(22-26-73-45)58-50(71)35(3)55-8/h10-15,17-20,30,34-35,38,40-42,44-47,55H,9,16,21-29,31-33H2,1-8H3,(H,56,65)(H,57,70)(H,58,71)/t34-,35+,38-,40+,41+,42-,44+,45+,46-,47-/m1/s1. The summed E-state index contributed by atoms with van der Waals surface area (Å²) in [7, 11) is 1.83. The smallest absolute Gasteiger partial charge is 0.246 e. The van der Waals surface area contributed by atoms with Gasteiger partial charge in [-0.05, 0) is 86.0 Å². The molecule has 4 aliphatic heterocycles. The van der Waals surface area contributed by atoms with Gasteiger partial charge in [-0.2, -0.15) is 0 Å². The Hall–Kier alpha value is -3.98. The van der Waals surface area contributed by atoms with E-state index in [1.54, 1.807) is 33.1 Å². The van der Waals surface area contributed by atoms with Crippen LogP contribution < -0.4 is 21.3 Å². The first kappa shape index (κ1) is 56.7. The molecule has 4 N–H and O–H groups in total. The van der Waals surface area contributed by atoms with E-state index in [1.165, 1.54) is 0 Å². The fourth-order valence-electron chi connectivity index (χ4n) is 10.6. The van der Waals surface area contributed by atoms with E-state index in [4.69, 9.17) is 33.9 Å². The molecule has 4 aliphatic rings. The molecule has 1 aromatic heterocycles. The van der Waals surface area contributed by atoms with Gasteiger partial charge in [0.15, 0.2) is 5.78 Å². The molecule has 3 amide bonds. The van der Waals surface area contributed by atoms with Gasteiger partial charge in [0.05, 0.1) is 64.9 Å². The molecule has 73 heavy (non-hydrogen) atoms. The Kier molecular flexibility index (Phi) is 20.0. The Morgan fingerprint density at radius 2 is 1.38 bits per heavy atom. The van der Waals surface area contributed by atoms with E-state index in [2.05, 4.69) is 73.1 Å². The summed E-state index contributed by atoms with van der Waals surface area (Å²) < 4.78 is 14.3. The fraction of sp³-hybridized carbons (Fsp3) is 0.630. The number of amides is 3. The van der Waals surface area contributed by atoms with E-state index in [1.807, 2.05) is 85.7 Å². The second-order valence-electron chi connectivity index (χ2n) is 21.5. The predicted molar refractivity (Wildman–Crippen MR) is 298 cm³/mol. The molecule has 5 heterocycles. The molecule has 398 valence electrons. The highest BCUT2D eigenvalue weighted by Gasteiger charge is 2.56. The Balaban J connectivity index is 0.920. The molecule has 0 unspecified atom stereocenters. The third-order valence-electron chi connectivity index (χ3n) is 15.0. The van der Waals surface area contributed by atoms with Crippen LogP contribution in [-0.2, 0) is 41.8 Å². The zero-order valence-electron chi connectivity index (χ0n) is 43.8. The van der Waals surface area contributed by atoms with Crippen molar-refractivity contribution in [2.24, 2.45) is 16.7 Å². The van der Waals surface area contributed by atoms with Gasteiger partial charge < -0.3 is 40.5 Å². The molecule has 19 heteroatoms. The average Bonchev–Trinajstić information content (AvgIpc) is 3.96. The molecular formula is C54H77N9O6S4. The summed E-state index contributed by atoms with van der Waals surface area (Å²) in [5.74, 6) is 1.29. The normalized spacial score (nSPS) is 25.1. The number of nitrogens with zero attached hydrogens (tertiary/aromatic N) is 5. The van der Waals surface area contributed by atoms with Crippen LogP contribution in [0.25, 0.3) is 0 Å². The number of Topliss-reactive ketones (excluding diaryl/α,β-unsaturated/α-hetero) is 1. The number of aryl methyl sites for hydroxylation is 1. The van der Waals surface area contributed by atoms with Crippen LogP contribution in [0.5, 0.6) is 0 Å². The lowest BCUT2D eigenvalue weighted by atomic mass is 9.79. The maximum atomic E-state index is 14.6. The quantitative estimate of drug-likeness (QED) is 0.0555. The minimum Gasteiger partial charge on any atom is -0.381 e. The zero-order chi connectivity index (χ0) is 52.5. The predicted octanol–water partition coefficient (Wildman–Crippen LogP) is 7.21. The molecule has 3 aromatic rings. The molecule has 0 saturated carbocycles. The number of nitrogens with one attached hydrogen (secondary N) is 4. The molecule has 4 fully saturated rings. The van der Waals surface area contributed by atoms with Crippen LogP contribution in [0, 0.1) is 16.7 Å². The van der Waals surface area contributed by atoms with E-state index in [-0.39, 0.29) is 77.2 Å². The van der Waals surface area contributed by atoms with Gasteiger partial charge in [-0.15, -0.1) is 28.6 Å². The number of aromatic nitrogens is 3. The second-order valence-corrected chi connectivity index (χ2v) is 25.0. The molecule has 0 bridgehead atoms. The molecule has 4 saturated heterocycles. The number of ketones is 1. The van der Waals surface area contributed by atoms with Crippen molar-refractivity contribution in [3.8, 4) is 0 Å². The number of likely N-dealkylation sites (N-methyl/N-ethyl adjacent to an activating group) is 1. The summed E-state index contributed by atoms with van der Waals surface area (Å²) in [6.45, 7) is 16.2. The highest BCUT2D eigenvalue weighted by atomic mass is 32.2. The molecule has 15 nitrogen and oxygen atoms in total. The maximum Gasteiger partial charge on any atom is 0.246 e. The van der Waals surface area contributed by atoms with Crippen molar-refractivity contribution in [1.29, 1.82) is 0 Å². The zero-order valence-corrected chi connectivity index (χ0v) is 47.1. The Morgan fingerprint density at radius 3 is 1.99 bits per heavy atom. The van der Waals surface area contributed by atoms with Crippen molar-refractivity contribution in [1.82, 2.24) is 46.1 Å². The molecule has 0 radical (unpaired) electrons. The fourth-order valence-corrected chi connectivity index (χ4v) is 14.3. The largest absolute Gasteiger partial charge is 0.381 e. The van der Waals surface area contributed by atoms with Crippen LogP contribution in [0.4, 0.5) is 0 Å². The minimum atomic E-state index is -0.684. The third kappa shape index (κ3) is 14.1. The third-order valence-corrected chi connectivity index (χ3v) is 18.5. The summed E-state index contributed by atoms with van der Waals surface area (Å²) in [4.78, 5) is 62.6. The number of thioether (sulfide) groups is 2. The van der Waals surface area contributed by atoms with Gasteiger partial charge >= 0.3 is 0 Å². The summed E-state index contributed by atoms with van der Waals surface area (Å²) >= 11 is 14.8. The lowest BCUT2D eigenvalue weighted by Crippen LogP contribution is -2.58. The van der Waals surface area contributed by atoms with Crippen molar-refractivity contribution in [2.45, 2.75) is 159 Å². The van der Waals surface area contributed by atoms with Crippen LogP contribution in [0.2, 0.25) is 0 Å². The minimum absolute atomic E-state index is 0.0299. The highest BCUT2D eigenvalue weighted by Crippen LogP contribution is 2.48. The number of carbonyl (C=O) groups is 4. The van der Waals surface area contributed by atoms with Gasteiger partial charge in [0.2, 0.25) is 17.7 Å². The number of benzene rings is 2. The first-order chi connectivity index (χ1) is 34.9. The molecule has 0 aliphatic carbocycles. The first-order valence-corrected chi connectivity index (χ1v) is 29.0. The second kappa shape index (κ2) is 25.7. The molecule has 0 spiro atoms. The van der Waals surface area contributed by atoms with Crippen LogP contribution >= 0.6 is 48.0 Å². The number of hydrogen-bond donors (Lipinski definition) is 4. The van der Waals surface area contributed by atoms with Gasteiger partial charge in [0.25, 0.3) is 0 Å². The van der Waals surface area contributed by atoms with Crippen molar-refractivity contribution in [3.63, 3.8) is 0 Å². The van der Waals surface area contributed by atoms with E-state index in [0.717, 1.165) is 35.5 Å². The average molecular weight is 1080 g/mol. The van der Waals surface area contributed by atoms with Crippen LogP contribution in [0.3, 0.4) is 0 Å². The first-order valence-electron chi connectivity index (χ1n) is 26.0. The molecular weight excluding hydrogens is 999 g/mol. The van der Waals surface area contributed by atoms with Gasteiger partial charge in [0, 0.05) is 31.4 Å². The van der Waals surface area contributed by atoms with E-state index in [9.17, 15) is 19.2 Å². The molecule has 2 aromatic carbocycles. The number of rotatable bonds is 23. The van der Waals surface area contributed by atoms with Crippen molar-refractivity contribution in [3.05, 3.63) is 83.7 Å². The topological polar surface area (TPSA) is 172 Å². The molecule has 7 rings (SSSR count). The number of ether oxygens (including phenoxy) is 2. The van der Waals surface area contributed by atoms with Gasteiger partial charge in [-0.3, -0.25) is 23.9 Å². The van der Waals surface area contributed by atoms with Crippen LogP contribution in [0.1, 0.15) is 122 Å². The lowest BCUT2D eigenvalue weighted by molar-refractivity contribution is -0.142. The number of hydrogen-bond acceptors (Lipinski definition) is 13. The summed E-state index contributed by atoms with van der Waals surface area (Å²) in [6.07, 6.45) is 6.42. The number of fused-ring (bicyclic) bond motifs is 2. The Bertz CT molecular complexity index is 2370. The van der Waals surface area contributed by atoms with E-state index in [0.29, 0.717) is 61.1 Å². The van der Waals surface area contributed by atoms with Crippen molar-refractivity contribution in [2.75, 3.05) is 38.4 Å². The summed E-state index contributed by atoms with van der Waals surface area (Å²) in [5, 5.41) is 21.6. The van der Waals surface area contributed by atoms with Gasteiger partial charge in [-0.1, -0.05) is 132 Å². The van der Waals surface area contributed by atoms with Crippen molar-refractivity contribution < 1.29 is 28.7 Å². The van der Waals surface area contributed by atoms with Crippen LogP contribution in [-0.4, -0.2) is 138 Å². The number of carbonyl (C=O) groups excluding carboxylic acids is 4. The highest BCUT2D eigenvalue weighted by molar-refractivity contribution is 8.00. The monoisotopic (exact) mass is 1080 g/mol. The molecule has 10 atom stereocenters. The Morgan fingerprint density at radius 1 is 0.808 bits per heavy atom. The summed E-state index contributed by atoms with van der Waals surface area (Å²) in [6, 6.07) is 17.0. The van der Waals surface area contributed by atoms with Crippen molar-refractivity contribution >= 4 is 81.4 Å². The Labute approximate surface area is 451 Å². The van der Waals surface area contributed by atoms with Gasteiger partial charge in [-0.25, -0.2) is 0 Å². The lowest BCUT2D eigenvalue weighted by Gasteiger charge is -2.35. The SMILES string of the molecule is CC[C@@H](C)C(=S)N[C@H]1CCS[C@H]2CC(C)(C)[C@@H](C(=O)C[C@H](COCCCn3cc(COC[C@@H](NC(=O)[C@H]4N5C(=O)[C@@H](NC(=S)[C@H](C)NC)CCS[C@H]5CC4(C)C)c4ccccc4)nn3)c3ccccc3)N2C1=O. The maximum absolute atomic E-state index is 14.6. The number of thiocarbonyl (C=S) groups is 2. The van der Waals surface area contributed by atoms with E-state index >= 15 is 0 Å².